The molecule has 1 aromatic carbocycles. The summed E-state index contributed by atoms with van der Waals surface area (Å²) in [5.41, 5.74) is 2.91. The number of carbonyl (C=O) groups is 2. The first-order valence-electron chi connectivity index (χ1n) is 8.91. The largest absolute Gasteiger partial charge is 0.352 e. The number of urea groups is 1. The third-order valence-electron chi connectivity index (χ3n) is 4.68. The van der Waals surface area contributed by atoms with Crippen LogP contribution in [0.3, 0.4) is 0 Å². The Kier molecular flexibility index (Phi) is 5.69. The average Bonchev–Trinajstić information content (AvgIpc) is 2.67. The SMILES string of the molecule is CN(C)C(=O)N1CCc2c(cncc2C(=O)NCCc2ccccc2F)C1. The monoisotopic (exact) mass is 370 g/mol. The number of fused-ring (bicyclic) bond motifs is 1. The lowest BCUT2D eigenvalue weighted by Crippen LogP contribution is -2.42. The van der Waals surface area contributed by atoms with E-state index in [1.54, 1.807) is 49.6 Å². The van der Waals surface area contributed by atoms with Crippen molar-refractivity contribution in [2.75, 3.05) is 27.2 Å². The van der Waals surface area contributed by atoms with Crippen molar-refractivity contribution >= 4 is 11.9 Å². The fraction of sp³-hybridized carbons (Fsp3) is 0.350. The van der Waals surface area contributed by atoms with Gasteiger partial charge in [-0.15, -0.1) is 0 Å². The van der Waals surface area contributed by atoms with Crippen molar-refractivity contribution in [1.29, 1.82) is 0 Å². The van der Waals surface area contributed by atoms with Gasteiger partial charge in [0, 0.05) is 46.1 Å². The van der Waals surface area contributed by atoms with Gasteiger partial charge >= 0.3 is 6.03 Å². The summed E-state index contributed by atoms with van der Waals surface area (Å²) in [6.45, 7) is 1.34. The van der Waals surface area contributed by atoms with E-state index in [4.69, 9.17) is 0 Å². The molecule has 0 unspecified atom stereocenters. The highest BCUT2D eigenvalue weighted by atomic mass is 19.1. The summed E-state index contributed by atoms with van der Waals surface area (Å²) >= 11 is 0. The molecule has 0 saturated carbocycles. The molecular weight excluding hydrogens is 347 g/mol. The van der Waals surface area contributed by atoms with Crippen LogP contribution < -0.4 is 5.32 Å². The maximum absolute atomic E-state index is 13.7. The average molecular weight is 370 g/mol. The third kappa shape index (κ3) is 4.24. The zero-order chi connectivity index (χ0) is 19.4. The van der Waals surface area contributed by atoms with Gasteiger partial charge in [-0.1, -0.05) is 18.2 Å². The number of aromatic nitrogens is 1. The minimum absolute atomic E-state index is 0.0552. The lowest BCUT2D eigenvalue weighted by atomic mass is 9.97. The van der Waals surface area contributed by atoms with E-state index in [0.29, 0.717) is 43.6 Å². The molecule has 0 saturated heterocycles. The number of nitrogens with one attached hydrogen (secondary N) is 1. The number of hydrogen-bond donors (Lipinski definition) is 1. The van der Waals surface area contributed by atoms with Gasteiger partial charge < -0.3 is 15.1 Å². The first-order chi connectivity index (χ1) is 13.0. The maximum Gasteiger partial charge on any atom is 0.319 e. The van der Waals surface area contributed by atoms with Crippen LogP contribution in [0.15, 0.2) is 36.7 Å². The molecule has 142 valence electrons. The number of amides is 3. The molecule has 6 nitrogen and oxygen atoms in total. The Morgan fingerprint density at radius 1 is 1.26 bits per heavy atom. The van der Waals surface area contributed by atoms with Gasteiger partial charge in [0.2, 0.25) is 0 Å². The second-order valence-corrected chi connectivity index (χ2v) is 6.77. The zero-order valence-corrected chi connectivity index (χ0v) is 15.5. The molecule has 0 radical (unpaired) electrons. The van der Waals surface area contributed by atoms with Gasteiger partial charge in [0.25, 0.3) is 5.91 Å². The molecular formula is C20H23FN4O2. The number of benzene rings is 1. The van der Waals surface area contributed by atoms with Gasteiger partial charge in [-0.05, 0) is 35.6 Å². The van der Waals surface area contributed by atoms with E-state index in [2.05, 4.69) is 10.3 Å². The van der Waals surface area contributed by atoms with Crippen molar-refractivity contribution in [3.63, 3.8) is 0 Å². The van der Waals surface area contributed by atoms with Crippen LogP contribution in [0.5, 0.6) is 0 Å². The number of halogens is 1. The molecule has 2 heterocycles. The Morgan fingerprint density at radius 2 is 2.04 bits per heavy atom. The fourth-order valence-electron chi connectivity index (χ4n) is 3.24. The first-order valence-corrected chi connectivity index (χ1v) is 8.91. The summed E-state index contributed by atoms with van der Waals surface area (Å²) in [5.74, 6) is -0.487. The van der Waals surface area contributed by atoms with Crippen LogP contribution >= 0.6 is 0 Å². The number of carbonyl (C=O) groups excluding carboxylic acids is 2. The van der Waals surface area contributed by atoms with E-state index in [1.807, 2.05) is 0 Å². The lowest BCUT2D eigenvalue weighted by molar-refractivity contribution is 0.0952. The fourth-order valence-corrected chi connectivity index (χ4v) is 3.24. The maximum atomic E-state index is 13.7. The van der Waals surface area contributed by atoms with E-state index in [9.17, 15) is 14.0 Å². The van der Waals surface area contributed by atoms with Gasteiger partial charge in [0.1, 0.15) is 5.82 Å². The van der Waals surface area contributed by atoms with Crippen LogP contribution in [0.4, 0.5) is 9.18 Å². The van der Waals surface area contributed by atoms with Crippen molar-refractivity contribution < 1.29 is 14.0 Å². The Balaban J connectivity index is 1.66. The zero-order valence-electron chi connectivity index (χ0n) is 15.5. The highest BCUT2D eigenvalue weighted by Gasteiger charge is 2.25. The van der Waals surface area contributed by atoms with Gasteiger partial charge in [-0.25, -0.2) is 9.18 Å². The summed E-state index contributed by atoms with van der Waals surface area (Å²) < 4.78 is 13.7. The van der Waals surface area contributed by atoms with Crippen molar-refractivity contribution in [3.05, 3.63) is 64.7 Å². The van der Waals surface area contributed by atoms with E-state index in [1.165, 1.54) is 11.0 Å². The molecule has 1 aliphatic rings. The highest BCUT2D eigenvalue weighted by Crippen LogP contribution is 2.22. The van der Waals surface area contributed by atoms with Crippen molar-refractivity contribution in [2.24, 2.45) is 0 Å². The quantitative estimate of drug-likeness (QED) is 0.898. The van der Waals surface area contributed by atoms with Crippen molar-refractivity contribution in [1.82, 2.24) is 20.1 Å². The molecule has 0 bridgehead atoms. The predicted octanol–water partition coefficient (Wildman–Crippen LogP) is 2.23. The molecule has 0 atom stereocenters. The van der Waals surface area contributed by atoms with Gasteiger partial charge in [0.15, 0.2) is 0 Å². The molecule has 0 fully saturated rings. The molecule has 1 N–H and O–H groups in total. The summed E-state index contributed by atoms with van der Waals surface area (Å²) in [4.78, 5) is 32.2. The third-order valence-corrected chi connectivity index (χ3v) is 4.68. The summed E-state index contributed by atoms with van der Waals surface area (Å²) in [6, 6.07) is 6.49. The molecule has 2 aromatic rings. The topological polar surface area (TPSA) is 65.5 Å². The van der Waals surface area contributed by atoms with Crippen molar-refractivity contribution in [3.8, 4) is 0 Å². The number of pyridine rings is 1. The molecule has 0 aliphatic carbocycles. The van der Waals surface area contributed by atoms with Crippen LogP contribution in [0.2, 0.25) is 0 Å². The Morgan fingerprint density at radius 3 is 2.78 bits per heavy atom. The molecule has 27 heavy (non-hydrogen) atoms. The number of nitrogens with zero attached hydrogens (tertiary/aromatic N) is 3. The Bertz CT molecular complexity index is 854. The molecule has 3 amide bonds. The smallest absolute Gasteiger partial charge is 0.319 e. The Labute approximate surface area is 158 Å². The first kappa shape index (κ1) is 18.8. The summed E-state index contributed by atoms with van der Waals surface area (Å²) in [7, 11) is 3.44. The second-order valence-electron chi connectivity index (χ2n) is 6.77. The number of hydrogen-bond acceptors (Lipinski definition) is 3. The lowest BCUT2D eigenvalue weighted by Gasteiger charge is -2.31. The molecule has 1 aromatic heterocycles. The molecule has 7 heteroatoms. The normalized spacial score (nSPS) is 13.1. The highest BCUT2D eigenvalue weighted by molar-refractivity contribution is 5.95. The van der Waals surface area contributed by atoms with E-state index < -0.39 is 0 Å². The Hall–Kier alpha value is -2.96. The van der Waals surface area contributed by atoms with Gasteiger partial charge in [-0.3, -0.25) is 9.78 Å². The van der Waals surface area contributed by atoms with Crippen LogP contribution in [-0.2, 0) is 19.4 Å². The van der Waals surface area contributed by atoms with Crippen LogP contribution in [0.1, 0.15) is 27.0 Å². The minimum Gasteiger partial charge on any atom is -0.352 e. The molecule has 0 spiro atoms. The minimum atomic E-state index is -0.267. The van der Waals surface area contributed by atoms with E-state index in [-0.39, 0.29) is 17.8 Å². The molecule has 3 rings (SSSR count). The van der Waals surface area contributed by atoms with Crippen LogP contribution in [0.25, 0.3) is 0 Å². The summed E-state index contributed by atoms with van der Waals surface area (Å²) in [6.07, 6.45) is 4.29. The van der Waals surface area contributed by atoms with Crippen LogP contribution in [-0.4, -0.2) is 53.9 Å². The summed E-state index contributed by atoms with van der Waals surface area (Å²) in [5, 5.41) is 2.84. The van der Waals surface area contributed by atoms with Crippen LogP contribution in [0, 0.1) is 5.82 Å². The standard InChI is InChI=1S/C20H23FN4O2/c1-24(2)20(27)25-10-8-16-15(13-25)11-22-12-17(16)19(26)23-9-7-14-5-3-4-6-18(14)21/h3-6,11-12H,7-10,13H2,1-2H3,(H,23,26). The van der Waals surface area contributed by atoms with Crippen molar-refractivity contribution in [2.45, 2.75) is 19.4 Å². The second kappa shape index (κ2) is 8.16. The van der Waals surface area contributed by atoms with E-state index >= 15 is 0 Å². The predicted molar refractivity (Wildman–Crippen MR) is 99.9 cm³/mol. The van der Waals surface area contributed by atoms with Gasteiger partial charge in [-0.2, -0.15) is 0 Å². The van der Waals surface area contributed by atoms with E-state index in [0.717, 1.165) is 11.1 Å². The molecule has 1 aliphatic heterocycles. The number of rotatable bonds is 4. The van der Waals surface area contributed by atoms with Gasteiger partial charge in [0.05, 0.1) is 5.56 Å².